The number of anilines is 3. The van der Waals surface area contributed by atoms with E-state index in [1.54, 1.807) is 16.7 Å². The molecule has 1 unspecified atom stereocenters. The van der Waals surface area contributed by atoms with Crippen molar-refractivity contribution in [3.8, 4) is 5.75 Å². The molecule has 4 aliphatic heterocycles. The molecule has 0 saturated carbocycles. The minimum Gasteiger partial charge on any atom is -0.494 e. The highest BCUT2D eigenvalue weighted by atomic mass is 16.5. The molecule has 6 rings (SSSR count). The Kier molecular flexibility index (Phi) is 8.45. The van der Waals surface area contributed by atoms with E-state index in [1.807, 2.05) is 79.8 Å². The van der Waals surface area contributed by atoms with E-state index in [1.165, 1.54) is 4.90 Å². The van der Waals surface area contributed by atoms with Gasteiger partial charge in [-0.25, -0.2) is 0 Å². The molecule has 0 aromatic heterocycles. The van der Waals surface area contributed by atoms with Crippen molar-refractivity contribution in [3.05, 3.63) is 72.8 Å². The van der Waals surface area contributed by atoms with E-state index in [0.717, 1.165) is 18.8 Å². The summed E-state index contributed by atoms with van der Waals surface area (Å²) in [5.41, 5.74) is 1.08. The first kappa shape index (κ1) is 30.9. The maximum absolute atomic E-state index is 14.6. The van der Waals surface area contributed by atoms with Crippen molar-refractivity contribution in [3.63, 3.8) is 0 Å². The van der Waals surface area contributed by atoms with Crippen LogP contribution in [0, 0.1) is 11.8 Å². The molecule has 6 atom stereocenters. The molecule has 238 valence electrons. The molecule has 0 radical (unpaired) electrons. The topological polar surface area (TPSA) is 103 Å². The van der Waals surface area contributed by atoms with Gasteiger partial charge in [0.15, 0.2) is 0 Å². The number of aliphatic hydroxyl groups is 1. The van der Waals surface area contributed by atoms with Gasteiger partial charge in [0.2, 0.25) is 11.8 Å². The second-order valence-electron chi connectivity index (χ2n) is 12.0. The van der Waals surface area contributed by atoms with Gasteiger partial charge in [-0.15, -0.1) is 0 Å². The minimum absolute atomic E-state index is 0.240. The zero-order valence-electron chi connectivity index (χ0n) is 26.3. The van der Waals surface area contributed by atoms with Gasteiger partial charge < -0.3 is 34.2 Å². The number of ether oxygens (including phenoxy) is 2. The molecule has 2 fully saturated rings. The number of carbonyl (C=O) groups is 3. The summed E-state index contributed by atoms with van der Waals surface area (Å²) >= 11 is 0. The first-order chi connectivity index (χ1) is 21.8. The average Bonchev–Trinajstić information content (AvgIpc) is 3.38. The summed E-state index contributed by atoms with van der Waals surface area (Å²) in [6, 6.07) is 13.4. The molecule has 0 bridgehead atoms. The van der Waals surface area contributed by atoms with Gasteiger partial charge in [-0.2, -0.15) is 0 Å². The molecule has 1 spiro atoms. The summed E-state index contributed by atoms with van der Waals surface area (Å²) in [4.78, 5) is 50.4. The van der Waals surface area contributed by atoms with Gasteiger partial charge in [0, 0.05) is 43.2 Å². The Morgan fingerprint density at radius 3 is 2.16 bits per heavy atom. The Hall–Kier alpha value is -4.15. The standard InChI is InChI=1S/C35H42N4O6/c1-5-36(6-2)24-11-13-25(14-12-24)38-21-9-19-35-30(33(42)39(23(4)22-40)31(35)34(38)43)29-28(45-35)10-8-20-37(32(29)41)26-15-17-27(18-16-26)44-7-3/h8-19,23,28-31,40H,5-7,20-22H2,1-4H3/t23-,28-,29+,30+,31?,35+/m1/s1. The van der Waals surface area contributed by atoms with Gasteiger partial charge >= 0.3 is 0 Å². The van der Waals surface area contributed by atoms with Crippen molar-refractivity contribution >= 4 is 34.8 Å². The van der Waals surface area contributed by atoms with Crippen LogP contribution in [0.4, 0.5) is 17.1 Å². The summed E-state index contributed by atoms with van der Waals surface area (Å²) < 4.78 is 12.3. The number of amides is 3. The number of hydrogen-bond donors (Lipinski definition) is 1. The van der Waals surface area contributed by atoms with E-state index in [2.05, 4.69) is 18.7 Å². The lowest BCUT2D eigenvalue weighted by Gasteiger charge is -2.37. The molecule has 0 aliphatic carbocycles. The zero-order valence-corrected chi connectivity index (χ0v) is 26.3. The van der Waals surface area contributed by atoms with Crippen LogP contribution in [0.2, 0.25) is 0 Å². The molecular formula is C35H42N4O6. The fraction of sp³-hybridized carbons (Fsp3) is 0.457. The van der Waals surface area contributed by atoms with Crippen LogP contribution in [-0.4, -0.2) is 90.9 Å². The molecule has 4 aliphatic rings. The van der Waals surface area contributed by atoms with Gasteiger partial charge in [-0.05, 0) is 76.2 Å². The highest BCUT2D eigenvalue weighted by Gasteiger charge is 2.72. The largest absolute Gasteiger partial charge is 0.494 e. The van der Waals surface area contributed by atoms with E-state index in [9.17, 15) is 19.5 Å². The predicted molar refractivity (Wildman–Crippen MR) is 172 cm³/mol. The van der Waals surface area contributed by atoms with Crippen LogP contribution in [0.1, 0.15) is 27.7 Å². The zero-order chi connectivity index (χ0) is 31.9. The number of carbonyl (C=O) groups excluding carboxylic acids is 3. The maximum atomic E-state index is 14.6. The summed E-state index contributed by atoms with van der Waals surface area (Å²) in [6.07, 6.45) is 6.74. The van der Waals surface area contributed by atoms with Gasteiger partial charge in [-0.3, -0.25) is 14.4 Å². The van der Waals surface area contributed by atoms with E-state index in [4.69, 9.17) is 9.47 Å². The quantitative estimate of drug-likeness (QED) is 0.432. The smallest absolute Gasteiger partial charge is 0.253 e. The number of benzene rings is 2. The fourth-order valence-corrected chi connectivity index (χ4v) is 7.42. The highest BCUT2D eigenvalue weighted by molar-refractivity contribution is 6.07. The molecule has 10 nitrogen and oxygen atoms in total. The summed E-state index contributed by atoms with van der Waals surface area (Å²) in [5, 5.41) is 10.2. The average molecular weight is 615 g/mol. The van der Waals surface area contributed by atoms with Crippen molar-refractivity contribution in [2.75, 3.05) is 54.1 Å². The Balaban J connectivity index is 1.37. The normalized spacial score (nSPS) is 28.0. The predicted octanol–water partition coefficient (Wildman–Crippen LogP) is 3.40. The Labute approximate surface area is 264 Å². The fourth-order valence-electron chi connectivity index (χ4n) is 7.42. The van der Waals surface area contributed by atoms with E-state index in [-0.39, 0.29) is 30.9 Å². The third-order valence-corrected chi connectivity index (χ3v) is 9.59. The first-order valence-corrected chi connectivity index (χ1v) is 15.9. The van der Waals surface area contributed by atoms with Gasteiger partial charge in [0.1, 0.15) is 17.4 Å². The Morgan fingerprint density at radius 1 is 0.911 bits per heavy atom. The molecule has 2 saturated heterocycles. The van der Waals surface area contributed by atoms with Crippen LogP contribution >= 0.6 is 0 Å². The van der Waals surface area contributed by atoms with Crippen molar-refractivity contribution in [2.24, 2.45) is 11.8 Å². The summed E-state index contributed by atoms with van der Waals surface area (Å²) in [6.45, 7) is 10.4. The summed E-state index contributed by atoms with van der Waals surface area (Å²) in [7, 11) is 0. The van der Waals surface area contributed by atoms with Crippen LogP contribution < -0.4 is 19.4 Å². The van der Waals surface area contributed by atoms with Crippen LogP contribution in [0.25, 0.3) is 0 Å². The van der Waals surface area contributed by atoms with E-state index < -0.39 is 35.6 Å². The molecule has 2 aromatic rings. The second-order valence-corrected chi connectivity index (χ2v) is 12.0. The van der Waals surface area contributed by atoms with Gasteiger partial charge in [0.05, 0.1) is 37.2 Å². The molecule has 4 heterocycles. The lowest BCUT2D eigenvalue weighted by Crippen LogP contribution is -2.57. The van der Waals surface area contributed by atoms with Crippen molar-refractivity contribution in [1.82, 2.24) is 4.90 Å². The molecule has 10 heteroatoms. The number of nitrogens with zero attached hydrogens (tertiary/aromatic N) is 4. The SMILES string of the molecule is CCOc1ccc(N2CC=C[C@H]3O[C@]45C=CCN(c6ccc(N(CC)CC)cc6)C(=O)C4N([C@H](C)CO)C(=O)[C@@H]5[C@H]3C2=O)cc1. The third-order valence-electron chi connectivity index (χ3n) is 9.59. The monoisotopic (exact) mass is 614 g/mol. The molecule has 2 aromatic carbocycles. The minimum atomic E-state index is -1.37. The molecule has 3 amide bonds. The Morgan fingerprint density at radius 2 is 1.53 bits per heavy atom. The number of fused-ring (bicyclic) bond motifs is 2. The van der Waals surface area contributed by atoms with Crippen molar-refractivity contribution in [1.29, 1.82) is 0 Å². The molecule has 45 heavy (non-hydrogen) atoms. The number of rotatable bonds is 9. The number of aliphatic hydroxyl groups excluding tert-OH is 1. The maximum Gasteiger partial charge on any atom is 0.253 e. The lowest BCUT2D eigenvalue weighted by atomic mass is 9.77. The second kappa shape index (κ2) is 12.3. The van der Waals surface area contributed by atoms with Gasteiger partial charge in [0.25, 0.3) is 5.91 Å². The first-order valence-electron chi connectivity index (χ1n) is 15.9. The van der Waals surface area contributed by atoms with Crippen molar-refractivity contribution < 1.29 is 29.0 Å². The Bertz CT molecular complexity index is 1490. The van der Waals surface area contributed by atoms with Crippen LogP contribution in [0.5, 0.6) is 5.75 Å². The number of hydrogen-bond acceptors (Lipinski definition) is 7. The van der Waals surface area contributed by atoms with Crippen LogP contribution in [-0.2, 0) is 19.1 Å². The summed E-state index contributed by atoms with van der Waals surface area (Å²) in [5.74, 6) is -1.98. The van der Waals surface area contributed by atoms with E-state index >= 15 is 0 Å². The van der Waals surface area contributed by atoms with Gasteiger partial charge in [-0.1, -0.05) is 24.3 Å². The molecule has 1 N–H and O–H groups in total. The number of likely N-dealkylation sites (tertiary alicyclic amines) is 1. The third kappa shape index (κ3) is 5.00. The van der Waals surface area contributed by atoms with Crippen LogP contribution in [0.3, 0.4) is 0 Å². The lowest BCUT2D eigenvalue weighted by molar-refractivity contribution is -0.143. The van der Waals surface area contributed by atoms with E-state index in [0.29, 0.717) is 30.3 Å². The van der Waals surface area contributed by atoms with Crippen molar-refractivity contribution in [2.45, 2.75) is 51.5 Å². The van der Waals surface area contributed by atoms with Crippen LogP contribution in [0.15, 0.2) is 72.8 Å². The molecular weight excluding hydrogens is 572 g/mol. The highest BCUT2D eigenvalue weighted by Crippen LogP contribution is 2.54.